The lowest BCUT2D eigenvalue weighted by Crippen LogP contribution is -2.31. The summed E-state index contributed by atoms with van der Waals surface area (Å²) in [5.41, 5.74) is 0.619. The van der Waals surface area contributed by atoms with E-state index in [1.165, 1.54) is 26.6 Å². The Hall–Kier alpha value is -3.34. The largest absolute Gasteiger partial charge is 0.497 e. The summed E-state index contributed by atoms with van der Waals surface area (Å²) in [4.78, 5) is 22.4. The van der Waals surface area contributed by atoms with Crippen molar-refractivity contribution in [1.29, 1.82) is 5.26 Å². The summed E-state index contributed by atoms with van der Waals surface area (Å²) in [6.07, 6.45) is 3.31. The summed E-state index contributed by atoms with van der Waals surface area (Å²) >= 11 is 0. The maximum atomic E-state index is 12.8. The molecule has 8 heteroatoms. The highest BCUT2D eigenvalue weighted by Crippen LogP contribution is 2.25. The molecule has 0 N–H and O–H groups in total. The minimum absolute atomic E-state index is 0.132. The van der Waals surface area contributed by atoms with Crippen molar-refractivity contribution in [3.05, 3.63) is 41.9 Å². The molecule has 0 radical (unpaired) electrons. The number of benzene rings is 1. The summed E-state index contributed by atoms with van der Waals surface area (Å²) in [5, 5.41) is 9.06. The highest BCUT2D eigenvalue weighted by molar-refractivity contribution is 5.95. The number of hydrogen-bond acceptors (Lipinski definition) is 7. The molecule has 1 amide bonds. The van der Waals surface area contributed by atoms with Gasteiger partial charge in [0.2, 0.25) is 5.69 Å². The molecule has 1 saturated heterocycles. The van der Waals surface area contributed by atoms with Crippen molar-refractivity contribution in [2.24, 2.45) is 0 Å². The van der Waals surface area contributed by atoms with Gasteiger partial charge in [0.05, 0.1) is 20.8 Å². The van der Waals surface area contributed by atoms with Crippen molar-refractivity contribution in [1.82, 2.24) is 14.9 Å². The Bertz CT molecular complexity index is 827. The molecule has 0 bridgehead atoms. The second-order valence-corrected chi connectivity index (χ2v) is 5.70. The molecule has 1 aromatic heterocycles. The molecule has 134 valence electrons. The van der Waals surface area contributed by atoms with Crippen molar-refractivity contribution >= 4 is 5.91 Å². The van der Waals surface area contributed by atoms with Crippen molar-refractivity contribution in [2.75, 3.05) is 27.3 Å². The van der Waals surface area contributed by atoms with Gasteiger partial charge in [-0.15, -0.1) is 0 Å². The molecular weight excluding hydrogens is 336 g/mol. The average Bonchev–Trinajstić information content (AvgIpc) is 3.15. The van der Waals surface area contributed by atoms with E-state index in [-0.39, 0.29) is 23.6 Å². The number of aromatic nitrogens is 2. The van der Waals surface area contributed by atoms with Gasteiger partial charge >= 0.3 is 0 Å². The molecule has 3 rings (SSSR count). The SMILES string of the molecule is COc1cc(OC)cc(C(=O)N2CCC(Oc3nccnc3C#N)C2)c1. The van der Waals surface area contributed by atoms with Crippen LogP contribution in [0.2, 0.25) is 0 Å². The van der Waals surface area contributed by atoms with E-state index in [2.05, 4.69) is 9.97 Å². The highest BCUT2D eigenvalue weighted by Gasteiger charge is 2.29. The highest BCUT2D eigenvalue weighted by atomic mass is 16.5. The van der Waals surface area contributed by atoms with E-state index in [0.29, 0.717) is 36.6 Å². The van der Waals surface area contributed by atoms with Gasteiger partial charge in [-0.2, -0.15) is 5.26 Å². The molecule has 1 atom stereocenters. The molecule has 1 aromatic carbocycles. The third kappa shape index (κ3) is 3.67. The third-order valence-corrected chi connectivity index (χ3v) is 4.08. The maximum absolute atomic E-state index is 12.8. The zero-order chi connectivity index (χ0) is 18.5. The van der Waals surface area contributed by atoms with Gasteiger partial charge in [0.15, 0.2) is 0 Å². The number of nitrogens with zero attached hydrogens (tertiary/aromatic N) is 4. The van der Waals surface area contributed by atoms with Gasteiger partial charge in [-0.3, -0.25) is 4.79 Å². The fourth-order valence-electron chi connectivity index (χ4n) is 2.77. The smallest absolute Gasteiger partial charge is 0.254 e. The number of carbonyl (C=O) groups is 1. The van der Waals surface area contributed by atoms with Crippen LogP contribution in [0.4, 0.5) is 0 Å². The molecule has 1 aliphatic heterocycles. The summed E-state index contributed by atoms with van der Waals surface area (Å²) in [5.74, 6) is 1.17. The van der Waals surface area contributed by atoms with Crippen LogP contribution in [0.25, 0.3) is 0 Å². The van der Waals surface area contributed by atoms with Gasteiger partial charge in [-0.1, -0.05) is 0 Å². The summed E-state index contributed by atoms with van der Waals surface area (Å²) < 4.78 is 16.2. The first-order chi connectivity index (χ1) is 12.6. The van der Waals surface area contributed by atoms with E-state index in [0.717, 1.165) is 0 Å². The van der Waals surface area contributed by atoms with Crippen LogP contribution in [0.1, 0.15) is 22.5 Å². The van der Waals surface area contributed by atoms with E-state index in [4.69, 9.17) is 19.5 Å². The Morgan fingerprint density at radius 2 is 1.88 bits per heavy atom. The number of ether oxygens (including phenoxy) is 3. The third-order valence-electron chi connectivity index (χ3n) is 4.08. The molecule has 0 saturated carbocycles. The minimum atomic E-state index is -0.241. The van der Waals surface area contributed by atoms with Crippen LogP contribution < -0.4 is 14.2 Å². The molecule has 0 spiro atoms. The van der Waals surface area contributed by atoms with Crippen molar-refractivity contribution in [2.45, 2.75) is 12.5 Å². The predicted molar refractivity (Wildman–Crippen MR) is 91.2 cm³/mol. The summed E-state index contributed by atoms with van der Waals surface area (Å²) in [6, 6.07) is 7.01. The van der Waals surface area contributed by atoms with Crippen LogP contribution in [0, 0.1) is 11.3 Å². The second kappa shape index (κ2) is 7.70. The second-order valence-electron chi connectivity index (χ2n) is 5.70. The fraction of sp³-hybridized carbons (Fsp3) is 0.333. The molecule has 26 heavy (non-hydrogen) atoms. The van der Waals surface area contributed by atoms with Crippen molar-refractivity contribution < 1.29 is 19.0 Å². The topological polar surface area (TPSA) is 97.6 Å². The molecule has 2 heterocycles. The lowest BCUT2D eigenvalue weighted by molar-refractivity contribution is 0.0770. The predicted octanol–water partition coefficient (Wildman–Crippen LogP) is 1.66. The lowest BCUT2D eigenvalue weighted by Gasteiger charge is -2.18. The first-order valence-corrected chi connectivity index (χ1v) is 8.04. The quantitative estimate of drug-likeness (QED) is 0.805. The van der Waals surface area contributed by atoms with Crippen LogP contribution in [-0.4, -0.2) is 54.2 Å². The van der Waals surface area contributed by atoms with Gasteiger partial charge in [0, 0.05) is 37.0 Å². The first kappa shape index (κ1) is 17.5. The standard InChI is InChI=1S/C18H18N4O4/c1-24-14-7-12(8-15(9-14)25-2)18(23)22-6-3-13(11-22)26-17-16(10-19)20-4-5-21-17/h4-5,7-9,13H,3,6,11H2,1-2H3. The van der Waals surface area contributed by atoms with Crippen molar-refractivity contribution in [3.63, 3.8) is 0 Å². The lowest BCUT2D eigenvalue weighted by atomic mass is 10.1. The Morgan fingerprint density at radius 1 is 1.19 bits per heavy atom. The van der Waals surface area contributed by atoms with Crippen LogP contribution in [0.5, 0.6) is 17.4 Å². The van der Waals surface area contributed by atoms with E-state index in [1.54, 1.807) is 23.1 Å². The van der Waals surface area contributed by atoms with Crippen molar-refractivity contribution in [3.8, 4) is 23.4 Å². The number of likely N-dealkylation sites (tertiary alicyclic amines) is 1. The molecule has 1 unspecified atom stereocenters. The van der Waals surface area contributed by atoms with Gasteiger partial charge < -0.3 is 19.1 Å². The molecule has 1 fully saturated rings. The zero-order valence-corrected chi connectivity index (χ0v) is 14.5. The Kier molecular flexibility index (Phi) is 5.17. The first-order valence-electron chi connectivity index (χ1n) is 8.04. The number of amides is 1. The number of methoxy groups -OCH3 is 2. The zero-order valence-electron chi connectivity index (χ0n) is 14.5. The van der Waals surface area contributed by atoms with E-state index in [9.17, 15) is 4.79 Å². The number of carbonyl (C=O) groups excluding carboxylic acids is 1. The van der Waals surface area contributed by atoms with Gasteiger partial charge in [0.1, 0.15) is 23.7 Å². The Balaban J connectivity index is 1.71. The van der Waals surface area contributed by atoms with E-state index < -0.39 is 0 Å². The molecule has 2 aromatic rings. The number of rotatable bonds is 5. The number of nitriles is 1. The average molecular weight is 354 g/mol. The molecule has 8 nitrogen and oxygen atoms in total. The van der Waals surface area contributed by atoms with Crippen LogP contribution in [0.3, 0.4) is 0 Å². The van der Waals surface area contributed by atoms with Crippen LogP contribution >= 0.6 is 0 Å². The molecule has 1 aliphatic rings. The molecular formula is C18H18N4O4. The Morgan fingerprint density at radius 3 is 2.54 bits per heavy atom. The maximum Gasteiger partial charge on any atom is 0.254 e. The Labute approximate surface area is 150 Å². The van der Waals surface area contributed by atoms with Crippen LogP contribution in [-0.2, 0) is 0 Å². The van der Waals surface area contributed by atoms with E-state index >= 15 is 0 Å². The van der Waals surface area contributed by atoms with Gasteiger partial charge in [-0.25, -0.2) is 9.97 Å². The summed E-state index contributed by atoms with van der Waals surface area (Å²) in [7, 11) is 3.08. The fourth-order valence-corrected chi connectivity index (χ4v) is 2.77. The normalized spacial score (nSPS) is 16.0. The van der Waals surface area contributed by atoms with Crippen LogP contribution in [0.15, 0.2) is 30.6 Å². The monoisotopic (exact) mass is 354 g/mol. The van der Waals surface area contributed by atoms with Gasteiger partial charge in [-0.05, 0) is 12.1 Å². The number of hydrogen-bond donors (Lipinski definition) is 0. The summed E-state index contributed by atoms with van der Waals surface area (Å²) in [6.45, 7) is 0.949. The van der Waals surface area contributed by atoms with Gasteiger partial charge in [0.25, 0.3) is 11.8 Å². The minimum Gasteiger partial charge on any atom is -0.497 e. The van der Waals surface area contributed by atoms with E-state index in [1.807, 2.05) is 6.07 Å². The molecule has 0 aliphatic carbocycles.